The quantitative estimate of drug-likeness (QED) is 0.820. The summed E-state index contributed by atoms with van der Waals surface area (Å²) >= 11 is 0. The number of fused-ring (bicyclic) bond motifs is 1. The lowest BCUT2D eigenvalue weighted by molar-refractivity contribution is 0.171. The Morgan fingerprint density at radius 3 is 2.88 bits per heavy atom. The lowest BCUT2D eigenvalue weighted by atomic mass is 10.1. The second kappa shape index (κ2) is 5.09. The van der Waals surface area contributed by atoms with Gasteiger partial charge in [0.1, 0.15) is 11.8 Å². The minimum Gasteiger partial charge on any atom is -0.383 e. The molecule has 2 aromatic rings. The zero-order valence-electron chi connectivity index (χ0n) is 10.3. The van der Waals surface area contributed by atoms with Crippen LogP contribution in [0.1, 0.15) is 13.8 Å². The summed E-state index contributed by atoms with van der Waals surface area (Å²) in [5, 5.41) is 3.36. The summed E-state index contributed by atoms with van der Waals surface area (Å²) in [6, 6.07) is 0.210. The van der Waals surface area contributed by atoms with E-state index in [1.54, 1.807) is 13.4 Å². The predicted molar refractivity (Wildman–Crippen MR) is 65.8 cm³/mol. The zero-order valence-corrected chi connectivity index (χ0v) is 10.3. The first-order valence-corrected chi connectivity index (χ1v) is 5.62. The summed E-state index contributed by atoms with van der Waals surface area (Å²) in [4.78, 5) is 15.4. The number of imidazole rings is 1. The number of rotatable bonds is 5. The third-order valence-corrected chi connectivity index (χ3v) is 2.70. The summed E-state index contributed by atoms with van der Waals surface area (Å²) in [6.07, 6.45) is 3.13. The number of hydrogen-bond acceptors (Lipinski definition) is 5. The smallest absolute Gasteiger partial charge is 0.182 e. The third-order valence-electron chi connectivity index (χ3n) is 2.70. The normalized spacial score (nSPS) is 13.2. The highest BCUT2D eigenvalue weighted by molar-refractivity contribution is 5.82. The van der Waals surface area contributed by atoms with Crippen molar-refractivity contribution in [3.05, 3.63) is 12.7 Å². The van der Waals surface area contributed by atoms with Crippen LogP contribution in [-0.2, 0) is 4.74 Å². The van der Waals surface area contributed by atoms with Crippen molar-refractivity contribution >= 4 is 17.0 Å². The average molecular weight is 235 g/mol. The van der Waals surface area contributed by atoms with Crippen LogP contribution in [-0.4, -0.2) is 39.7 Å². The molecule has 0 aliphatic rings. The van der Waals surface area contributed by atoms with E-state index in [2.05, 4.69) is 39.1 Å². The van der Waals surface area contributed by atoms with Crippen molar-refractivity contribution in [1.29, 1.82) is 0 Å². The second-order valence-corrected chi connectivity index (χ2v) is 4.27. The van der Waals surface area contributed by atoms with Crippen molar-refractivity contribution in [2.24, 2.45) is 5.92 Å². The van der Waals surface area contributed by atoms with Crippen LogP contribution in [0, 0.1) is 5.92 Å². The Morgan fingerprint density at radius 2 is 2.18 bits per heavy atom. The first-order valence-electron chi connectivity index (χ1n) is 5.62. The first-order chi connectivity index (χ1) is 8.22. The fourth-order valence-corrected chi connectivity index (χ4v) is 1.63. The van der Waals surface area contributed by atoms with Crippen molar-refractivity contribution in [2.75, 3.05) is 19.0 Å². The van der Waals surface area contributed by atoms with Gasteiger partial charge in [0.25, 0.3) is 0 Å². The van der Waals surface area contributed by atoms with Gasteiger partial charge in [0.2, 0.25) is 0 Å². The van der Waals surface area contributed by atoms with Crippen molar-refractivity contribution < 1.29 is 4.74 Å². The van der Waals surface area contributed by atoms with Crippen LogP contribution in [0.5, 0.6) is 0 Å². The van der Waals surface area contributed by atoms with E-state index >= 15 is 0 Å². The molecule has 92 valence electrons. The van der Waals surface area contributed by atoms with E-state index in [1.165, 1.54) is 6.33 Å². The summed E-state index contributed by atoms with van der Waals surface area (Å²) in [5.74, 6) is 1.21. The lowest BCUT2D eigenvalue weighted by Crippen LogP contribution is -2.30. The van der Waals surface area contributed by atoms with E-state index in [1.807, 2.05) is 0 Å². The van der Waals surface area contributed by atoms with Crippen molar-refractivity contribution in [3.8, 4) is 0 Å². The lowest BCUT2D eigenvalue weighted by Gasteiger charge is -2.22. The third kappa shape index (κ3) is 2.52. The number of aromatic amines is 1. The molecule has 0 aliphatic carbocycles. The Kier molecular flexibility index (Phi) is 3.53. The summed E-state index contributed by atoms with van der Waals surface area (Å²) in [6.45, 7) is 4.92. The number of methoxy groups -OCH3 is 1. The van der Waals surface area contributed by atoms with Crippen LogP contribution >= 0.6 is 0 Å². The van der Waals surface area contributed by atoms with E-state index < -0.39 is 0 Å². The monoisotopic (exact) mass is 235 g/mol. The van der Waals surface area contributed by atoms with Gasteiger partial charge in [-0.05, 0) is 5.92 Å². The molecule has 6 heteroatoms. The Bertz CT molecular complexity index is 481. The Balaban J connectivity index is 2.24. The number of H-pyrrole nitrogens is 1. The number of nitrogens with one attached hydrogen (secondary N) is 2. The van der Waals surface area contributed by atoms with Gasteiger partial charge in [-0.3, -0.25) is 0 Å². The van der Waals surface area contributed by atoms with Gasteiger partial charge < -0.3 is 15.0 Å². The van der Waals surface area contributed by atoms with Gasteiger partial charge in [-0.1, -0.05) is 13.8 Å². The van der Waals surface area contributed by atoms with Crippen molar-refractivity contribution in [3.63, 3.8) is 0 Å². The molecular weight excluding hydrogens is 218 g/mol. The van der Waals surface area contributed by atoms with Crippen LogP contribution in [0.2, 0.25) is 0 Å². The minimum atomic E-state index is 0.210. The highest BCUT2D eigenvalue weighted by Crippen LogP contribution is 2.17. The topological polar surface area (TPSA) is 75.7 Å². The molecule has 0 aromatic carbocycles. The van der Waals surface area contributed by atoms with Crippen molar-refractivity contribution in [1.82, 2.24) is 19.9 Å². The Morgan fingerprint density at radius 1 is 1.35 bits per heavy atom. The average Bonchev–Trinajstić information content (AvgIpc) is 2.77. The number of anilines is 1. The maximum Gasteiger partial charge on any atom is 0.182 e. The molecule has 0 aliphatic heterocycles. The van der Waals surface area contributed by atoms with E-state index in [0.29, 0.717) is 18.2 Å². The molecule has 2 aromatic heterocycles. The molecule has 1 unspecified atom stereocenters. The molecular formula is C11H17N5O. The van der Waals surface area contributed by atoms with Gasteiger partial charge >= 0.3 is 0 Å². The summed E-state index contributed by atoms with van der Waals surface area (Å²) in [7, 11) is 1.70. The Labute approximate surface area is 99.8 Å². The van der Waals surface area contributed by atoms with Gasteiger partial charge in [-0.2, -0.15) is 0 Å². The van der Waals surface area contributed by atoms with Crippen LogP contribution in [0.15, 0.2) is 12.7 Å². The highest BCUT2D eigenvalue weighted by atomic mass is 16.5. The van der Waals surface area contributed by atoms with Gasteiger partial charge in [0, 0.05) is 7.11 Å². The van der Waals surface area contributed by atoms with E-state index in [0.717, 1.165) is 11.3 Å². The maximum atomic E-state index is 5.20. The highest BCUT2D eigenvalue weighted by Gasteiger charge is 2.15. The molecule has 0 bridgehead atoms. The predicted octanol–water partition coefficient (Wildman–Crippen LogP) is 1.44. The zero-order chi connectivity index (χ0) is 12.3. The summed E-state index contributed by atoms with van der Waals surface area (Å²) < 4.78 is 5.20. The van der Waals surface area contributed by atoms with E-state index in [-0.39, 0.29) is 6.04 Å². The fourth-order valence-electron chi connectivity index (χ4n) is 1.63. The molecule has 0 amide bonds. The van der Waals surface area contributed by atoms with E-state index in [4.69, 9.17) is 4.74 Å². The first kappa shape index (κ1) is 11.8. The molecule has 0 fully saturated rings. The molecule has 0 saturated carbocycles. The van der Waals surface area contributed by atoms with Gasteiger partial charge in [0.15, 0.2) is 11.5 Å². The molecule has 0 spiro atoms. The Hall–Kier alpha value is -1.69. The van der Waals surface area contributed by atoms with Gasteiger partial charge in [-0.15, -0.1) is 0 Å². The second-order valence-electron chi connectivity index (χ2n) is 4.27. The molecule has 1 atom stereocenters. The van der Waals surface area contributed by atoms with Crippen LogP contribution in [0.25, 0.3) is 11.2 Å². The SMILES string of the molecule is COCC(Nc1ncnc2nc[nH]c12)C(C)C. The fraction of sp³-hybridized carbons (Fsp3) is 0.545. The minimum absolute atomic E-state index is 0.210. The molecule has 0 radical (unpaired) electrons. The maximum absolute atomic E-state index is 5.20. The van der Waals surface area contributed by atoms with Crippen LogP contribution in [0.4, 0.5) is 5.82 Å². The molecule has 6 nitrogen and oxygen atoms in total. The molecule has 2 N–H and O–H groups in total. The number of ether oxygens (including phenoxy) is 1. The van der Waals surface area contributed by atoms with Crippen LogP contribution < -0.4 is 5.32 Å². The van der Waals surface area contributed by atoms with Gasteiger partial charge in [0.05, 0.1) is 19.0 Å². The summed E-state index contributed by atoms with van der Waals surface area (Å²) in [5.41, 5.74) is 1.50. The van der Waals surface area contributed by atoms with Gasteiger partial charge in [-0.25, -0.2) is 15.0 Å². The van der Waals surface area contributed by atoms with E-state index in [9.17, 15) is 0 Å². The number of hydrogen-bond donors (Lipinski definition) is 2. The number of nitrogens with zero attached hydrogens (tertiary/aromatic N) is 3. The molecule has 2 heterocycles. The number of aromatic nitrogens is 4. The largest absolute Gasteiger partial charge is 0.383 e. The molecule has 0 saturated heterocycles. The molecule has 2 rings (SSSR count). The molecule has 17 heavy (non-hydrogen) atoms. The van der Waals surface area contributed by atoms with Crippen LogP contribution in [0.3, 0.4) is 0 Å². The van der Waals surface area contributed by atoms with Crippen molar-refractivity contribution in [2.45, 2.75) is 19.9 Å². The standard InChI is InChI=1S/C11H17N5O/c1-7(2)8(4-17-3)16-11-9-10(13-5-12-9)14-6-15-11/h5-8H,4H2,1-3H3,(H2,12,13,14,15,16).